The first-order valence-electron chi connectivity index (χ1n) is 6.19. The first-order valence-corrected chi connectivity index (χ1v) is 6.19. The molecule has 3 nitrogen and oxygen atoms in total. The van der Waals surface area contributed by atoms with Gasteiger partial charge in [0.05, 0.1) is 18.8 Å². The Kier molecular flexibility index (Phi) is 5.62. The van der Waals surface area contributed by atoms with E-state index in [1.165, 1.54) is 5.56 Å². The molecule has 0 bridgehead atoms. The average molecular weight is 237 g/mol. The van der Waals surface area contributed by atoms with Crippen LogP contribution in [0.5, 0.6) is 0 Å². The second-order valence-corrected chi connectivity index (χ2v) is 4.77. The van der Waals surface area contributed by atoms with Gasteiger partial charge in [0.2, 0.25) is 0 Å². The van der Waals surface area contributed by atoms with Crippen LogP contribution in [0.1, 0.15) is 38.3 Å². The topological polar surface area (TPSA) is 52.5 Å². The van der Waals surface area contributed by atoms with Gasteiger partial charge in [-0.25, -0.2) is 0 Å². The third-order valence-electron chi connectivity index (χ3n) is 3.00. The molecule has 3 heteroatoms. The third kappa shape index (κ3) is 4.11. The van der Waals surface area contributed by atoms with E-state index >= 15 is 0 Å². The largest absolute Gasteiger partial charge is 0.394 e. The standard InChI is InChI=1S/C14H23NO2/c1-3-7-13(12-8-5-4-6-9-12)15-14(2,10-16)11-17/h4-6,8-9,13,15-17H,3,7,10-11H2,1-2H3. The minimum Gasteiger partial charge on any atom is -0.394 e. The predicted octanol–water partition coefficient (Wildman–Crippen LogP) is 1.86. The lowest BCUT2D eigenvalue weighted by atomic mass is 9.97. The van der Waals surface area contributed by atoms with E-state index in [9.17, 15) is 10.2 Å². The van der Waals surface area contributed by atoms with Crippen LogP contribution in [0, 0.1) is 0 Å². The first kappa shape index (κ1) is 14.2. The van der Waals surface area contributed by atoms with Crippen molar-refractivity contribution in [2.45, 2.75) is 38.3 Å². The summed E-state index contributed by atoms with van der Waals surface area (Å²) in [6.07, 6.45) is 2.04. The summed E-state index contributed by atoms with van der Waals surface area (Å²) >= 11 is 0. The molecular formula is C14H23NO2. The summed E-state index contributed by atoms with van der Waals surface area (Å²) in [6, 6.07) is 10.3. The summed E-state index contributed by atoms with van der Waals surface area (Å²) < 4.78 is 0. The Morgan fingerprint density at radius 1 is 1.18 bits per heavy atom. The molecule has 0 aliphatic heterocycles. The van der Waals surface area contributed by atoms with Crippen molar-refractivity contribution in [1.29, 1.82) is 0 Å². The summed E-state index contributed by atoms with van der Waals surface area (Å²) in [4.78, 5) is 0. The Morgan fingerprint density at radius 3 is 2.24 bits per heavy atom. The minimum atomic E-state index is -0.629. The maximum Gasteiger partial charge on any atom is 0.0633 e. The molecule has 0 aliphatic rings. The highest BCUT2D eigenvalue weighted by atomic mass is 16.3. The fourth-order valence-corrected chi connectivity index (χ4v) is 1.86. The number of nitrogens with one attached hydrogen (secondary N) is 1. The smallest absolute Gasteiger partial charge is 0.0633 e. The number of hydrogen-bond donors (Lipinski definition) is 3. The van der Waals surface area contributed by atoms with Crippen molar-refractivity contribution < 1.29 is 10.2 Å². The molecule has 1 aromatic rings. The maximum absolute atomic E-state index is 9.33. The molecule has 0 radical (unpaired) electrons. The van der Waals surface area contributed by atoms with E-state index in [4.69, 9.17) is 0 Å². The second kappa shape index (κ2) is 6.74. The molecule has 0 heterocycles. The highest BCUT2D eigenvalue weighted by molar-refractivity contribution is 5.19. The van der Waals surface area contributed by atoms with Gasteiger partial charge < -0.3 is 15.5 Å². The number of hydrogen-bond acceptors (Lipinski definition) is 3. The van der Waals surface area contributed by atoms with Crippen molar-refractivity contribution in [2.24, 2.45) is 0 Å². The Labute approximate surface area is 103 Å². The van der Waals surface area contributed by atoms with Crippen molar-refractivity contribution in [3.8, 4) is 0 Å². The summed E-state index contributed by atoms with van der Waals surface area (Å²) in [5, 5.41) is 22.0. The molecule has 1 unspecified atom stereocenters. The fraction of sp³-hybridized carbons (Fsp3) is 0.571. The lowest BCUT2D eigenvalue weighted by Gasteiger charge is -2.32. The highest BCUT2D eigenvalue weighted by Gasteiger charge is 2.26. The van der Waals surface area contributed by atoms with E-state index in [-0.39, 0.29) is 19.3 Å². The summed E-state index contributed by atoms with van der Waals surface area (Å²) in [6.45, 7) is 3.82. The minimum absolute atomic E-state index is 0.0729. The third-order valence-corrected chi connectivity index (χ3v) is 3.00. The van der Waals surface area contributed by atoms with E-state index in [0.717, 1.165) is 12.8 Å². The van der Waals surface area contributed by atoms with Crippen LogP contribution in [0.2, 0.25) is 0 Å². The van der Waals surface area contributed by atoms with Crippen molar-refractivity contribution in [3.05, 3.63) is 35.9 Å². The molecule has 0 saturated heterocycles. The van der Waals surface area contributed by atoms with Gasteiger partial charge in [-0.15, -0.1) is 0 Å². The van der Waals surface area contributed by atoms with Gasteiger partial charge in [0.15, 0.2) is 0 Å². The van der Waals surface area contributed by atoms with Crippen LogP contribution in [0.15, 0.2) is 30.3 Å². The monoisotopic (exact) mass is 237 g/mol. The van der Waals surface area contributed by atoms with Crippen molar-refractivity contribution >= 4 is 0 Å². The van der Waals surface area contributed by atoms with E-state index in [1.54, 1.807) is 0 Å². The van der Waals surface area contributed by atoms with E-state index in [0.29, 0.717) is 0 Å². The molecule has 0 aliphatic carbocycles. The van der Waals surface area contributed by atoms with Crippen LogP contribution in [0.3, 0.4) is 0 Å². The Morgan fingerprint density at radius 2 is 1.76 bits per heavy atom. The van der Waals surface area contributed by atoms with Crippen molar-refractivity contribution in [2.75, 3.05) is 13.2 Å². The molecule has 1 rings (SSSR count). The van der Waals surface area contributed by atoms with Gasteiger partial charge in [-0.2, -0.15) is 0 Å². The molecule has 96 valence electrons. The van der Waals surface area contributed by atoms with Gasteiger partial charge in [0.1, 0.15) is 0 Å². The molecule has 0 saturated carbocycles. The number of aliphatic hydroxyl groups excluding tert-OH is 2. The summed E-state index contributed by atoms with van der Waals surface area (Å²) in [5.41, 5.74) is 0.567. The number of benzene rings is 1. The van der Waals surface area contributed by atoms with Crippen LogP contribution in [-0.4, -0.2) is 29.0 Å². The lowest BCUT2D eigenvalue weighted by Crippen LogP contribution is -2.50. The Balaban J connectivity index is 2.80. The molecule has 1 aromatic carbocycles. The first-order chi connectivity index (χ1) is 8.15. The normalized spacial score (nSPS) is 13.6. The summed E-state index contributed by atoms with van der Waals surface area (Å²) in [7, 11) is 0. The Hall–Kier alpha value is -0.900. The molecule has 0 aromatic heterocycles. The quantitative estimate of drug-likeness (QED) is 0.678. The van der Waals surface area contributed by atoms with E-state index in [1.807, 2.05) is 25.1 Å². The van der Waals surface area contributed by atoms with Gasteiger partial charge in [0.25, 0.3) is 0 Å². The molecule has 1 atom stereocenters. The van der Waals surface area contributed by atoms with Crippen LogP contribution in [-0.2, 0) is 0 Å². The lowest BCUT2D eigenvalue weighted by molar-refractivity contribution is 0.0925. The van der Waals surface area contributed by atoms with Crippen molar-refractivity contribution in [1.82, 2.24) is 5.32 Å². The van der Waals surface area contributed by atoms with Gasteiger partial charge in [-0.05, 0) is 18.9 Å². The molecule has 3 N–H and O–H groups in total. The molecule has 0 fully saturated rings. The highest BCUT2D eigenvalue weighted by Crippen LogP contribution is 2.21. The van der Waals surface area contributed by atoms with E-state index in [2.05, 4.69) is 24.4 Å². The zero-order valence-electron chi connectivity index (χ0n) is 10.7. The predicted molar refractivity (Wildman–Crippen MR) is 69.8 cm³/mol. The van der Waals surface area contributed by atoms with Gasteiger partial charge in [-0.3, -0.25) is 0 Å². The zero-order chi connectivity index (χ0) is 12.7. The number of rotatable bonds is 7. The van der Waals surface area contributed by atoms with Gasteiger partial charge in [0, 0.05) is 6.04 Å². The average Bonchev–Trinajstić information content (AvgIpc) is 2.39. The fourth-order valence-electron chi connectivity index (χ4n) is 1.86. The SMILES string of the molecule is CCCC(NC(C)(CO)CO)c1ccccc1. The van der Waals surface area contributed by atoms with Crippen LogP contribution >= 0.6 is 0 Å². The summed E-state index contributed by atoms with van der Waals surface area (Å²) in [5.74, 6) is 0. The van der Waals surface area contributed by atoms with Gasteiger partial charge in [-0.1, -0.05) is 43.7 Å². The second-order valence-electron chi connectivity index (χ2n) is 4.77. The molecular weight excluding hydrogens is 214 g/mol. The van der Waals surface area contributed by atoms with Crippen LogP contribution in [0.4, 0.5) is 0 Å². The molecule has 0 spiro atoms. The van der Waals surface area contributed by atoms with E-state index < -0.39 is 5.54 Å². The van der Waals surface area contributed by atoms with Gasteiger partial charge >= 0.3 is 0 Å². The zero-order valence-corrected chi connectivity index (χ0v) is 10.7. The number of aliphatic hydroxyl groups is 2. The van der Waals surface area contributed by atoms with Crippen LogP contribution in [0.25, 0.3) is 0 Å². The Bertz CT molecular complexity index is 309. The maximum atomic E-state index is 9.33. The van der Waals surface area contributed by atoms with Crippen LogP contribution < -0.4 is 5.32 Å². The van der Waals surface area contributed by atoms with Crippen molar-refractivity contribution in [3.63, 3.8) is 0 Å². The molecule has 0 amide bonds. The molecule has 17 heavy (non-hydrogen) atoms.